The number of carboxylic acid groups (broad SMARTS) is 1. The highest BCUT2D eigenvalue weighted by Crippen LogP contribution is 2.18. The Morgan fingerprint density at radius 1 is 1.00 bits per heavy atom. The Hall–Kier alpha value is -4.46. The van der Waals surface area contributed by atoms with Crippen molar-refractivity contribution < 1.29 is 24.4 Å². The molecule has 0 aliphatic rings. The predicted molar refractivity (Wildman–Crippen MR) is 113 cm³/mol. The van der Waals surface area contributed by atoms with Gasteiger partial charge in [0.05, 0.1) is 4.92 Å². The summed E-state index contributed by atoms with van der Waals surface area (Å²) < 4.78 is 5.69. The summed E-state index contributed by atoms with van der Waals surface area (Å²) in [6.07, 6.45) is 1.34. The van der Waals surface area contributed by atoms with E-state index < -0.39 is 16.8 Å². The molecule has 8 nitrogen and oxygen atoms in total. The SMILES string of the molecule is O=C(O)/C(=C\c1cccc(OCc2ccc([N+](=O)[O-])cc2)c1)NC(=O)c1ccccc1. The minimum atomic E-state index is -1.28. The molecule has 0 aliphatic carbocycles. The van der Waals surface area contributed by atoms with E-state index in [0.717, 1.165) is 5.56 Å². The zero-order valence-corrected chi connectivity index (χ0v) is 16.2. The monoisotopic (exact) mass is 418 g/mol. The van der Waals surface area contributed by atoms with Gasteiger partial charge in [0, 0.05) is 17.7 Å². The van der Waals surface area contributed by atoms with Crippen molar-refractivity contribution in [3.8, 4) is 5.75 Å². The Morgan fingerprint density at radius 3 is 2.35 bits per heavy atom. The number of nitrogens with one attached hydrogen (secondary N) is 1. The molecule has 0 atom stereocenters. The van der Waals surface area contributed by atoms with Crippen molar-refractivity contribution >= 4 is 23.6 Å². The fourth-order valence-corrected chi connectivity index (χ4v) is 2.68. The fraction of sp³-hybridized carbons (Fsp3) is 0.0435. The average molecular weight is 418 g/mol. The van der Waals surface area contributed by atoms with Crippen LogP contribution in [0, 0.1) is 10.1 Å². The van der Waals surface area contributed by atoms with Gasteiger partial charge in [-0.25, -0.2) is 4.79 Å². The molecular formula is C23H18N2O6. The van der Waals surface area contributed by atoms with E-state index in [4.69, 9.17) is 4.74 Å². The highest BCUT2D eigenvalue weighted by Gasteiger charge is 2.13. The number of nitro groups is 1. The molecule has 0 fully saturated rings. The normalized spacial score (nSPS) is 10.9. The number of rotatable bonds is 8. The summed E-state index contributed by atoms with van der Waals surface area (Å²) in [5.41, 5.74) is 1.32. The number of non-ortho nitro benzene ring substituents is 1. The van der Waals surface area contributed by atoms with Gasteiger partial charge in [-0.2, -0.15) is 0 Å². The van der Waals surface area contributed by atoms with Crippen molar-refractivity contribution in [3.05, 3.63) is 111 Å². The van der Waals surface area contributed by atoms with Crippen molar-refractivity contribution in [1.82, 2.24) is 5.32 Å². The number of hydrogen-bond acceptors (Lipinski definition) is 5. The quantitative estimate of drug-likeness (QED) is 0.324. The van der Waals surface area contributed by atoms with E-state index in [1.54, 1.807) is 66.7 Å². The molecule has 8 heteroatoms. The lowest BCUT2D eigenvalue weighted by Crippen LogP contribution is -2.27. The molecule has 0 unspecified atom stereocenters. The molecule has 0 aliphatic heterocycles. The summed E-state index contributed by atoms with van der Waals surface area (Å²) in [4.78, 5) is 34.1. The van der Waals surface area contributed by atoms with E-state index in [9.17, 15) is 24.8 Å². The Bertz CT molecular complexity index is 1120. The molecule has 3 aromatic rings. The van der Waals surface area contributed by atoms with E-state index in [2.05, 4.69) is 5.32 Å². The van der Waals surface area contributed by atoms with E-state index in [0.29, 0.717) is 16.9 Å². The van der Waals surface area contributed by atoms with Crippen LogP contribution in [0.25, 0.3) is 6.08 Å². The maximum Gasteiger partial charge on any atom is 0.352 e. The molecule has 31 heavy (non-hydrogen) atoms. The van der Waals surface area contributed by atoms with Crippen molar-refractivity contribution in [2.24, 2.45) is 0 Å². The summed E-state index contributed by atoms with van der Waals surface area (Å²) in [7, 11) is 0. The minimum absolute atomic E-state index is 0.00497. The Labute approximate surface area is 177 Å². The molecule has 0 radical (unpaired) electrons. The van der Waals surface area contributed by atoms with E-state index >= 15 is 0 Å². The van der Waals surface area contributed by atoms with Crippen LogP contribution in [-0.2, 0) is 11.4 Å². The number of amides is 1. The van der Waals surface area contributed by atoms with E-state index in [-0.39, 0.29) is 18.0 Å². The molecule has 0 saturated carbocycles. The third-order valence-electron chi connectivity index (χ3n) is 4.24. The highest BCUT2D eigenvalue weighted by atomic mass is 16.6. The lowest BCUT2D eigenvalue weighted by Gasteiger charge is -2.09. The molecular weight excluding hydrogens is 400 g/mol. The maximum absolute atomic E-state index is 12.3. The van der Waals surface area contributed by atoms with Crippen LogP contribution < -0.4 is 10.1 Å². The first-order chi connectivity index (χ1) is 14.9. The molecule has 0 spiro atoms. The lowest BCUT2D eigenvalue weighted by atomic mass is 10.1. The van der Waals surface area contributed by atoms with Crippen LogP contribution in [0.3, 0.4) is 0 Å². The van der Waals surface area contributed by atoms with Crippen molar-refractivity contribution in [3.63, 3.8) is 0 Å². The Morgan fingerprint density at radius 2 is 1.71 bits per heavy atom. The number of hydrogen-bond donors (Lipinski definition) is 2. The highest BCUT2D eigenvalue weighted by molar-refractivity contribution is 6.02. The number of aliphatic carboxylic acids is 1. The second kappa shape index (κ2) is 9.84. The molecule has 1 amide bonds. The third-order valence-corrected chi connectivity index (χ3v) is 4.24. The molecule has 0 heterocycles. The first-order valence-corrected chi connectivity index (χ1v) is 9.20. The van der Waals surface area contributed by atoms with Crippen LogP contribution in [0.1, 0.15) is 21.5 Å². The lowest BCUT2D eigenvalue weighted by molar-refractivity contribution is -0.384. The number of ether oxygens (including phenoxy) is 1. The van der Waals surface area contributed by atoms with Gasteiger partial charge in [0.2, 0.25) is 0 Å². The molecule has 156 valence electrons. The van der Waals surface area contributed by atoms with Crippen LogP contribution in [0.5, 0.6) is 5.75 Å². The van der Waals surface area contributed by atoms with Crippen LogP contribution in [0.4, 0.5) is 5.69 Å². The zero-order chi connectivity index (χ0) is 22.2. The summed E-state index contributed by atoms with van der Waals surface area (Å²) in [6, 6.07) is 21.0. The Balaban J connectivity index is 1.71. The molecule has 2 N–H and O–H groups in total. The van der Waals surface area contributed by atoms with Crippen LogP contribution in [-0.4, -0.2) is 21.9 Å². The second-order valence-electron chi connectivity index (χ2n) is 6.47. The van der Waals surface area contributed by atoms with Crippen LogP contribution in [0.15, 0.2) is 84.6 Å². The zero-order valence-electron chi connectivity index (χ0n) is 16.2. The number of benzene rings is 3. The largest absolute Gasteiger partial charge is 0.489 e. The first-order valence-electron chi connectivity index (χ1n) is 9.20. The van der Waals surface area contributed by atoms with Gasteiger partial charge in [0.25, 0.3) is 11.6 Å². The topological polar surface area (TPSA) is 119 Å². The number of nitro benzene ring substituents is 1. The fourth-order valence-electron chi connectivity index (χ4n) is 2.68. The minimum Gasteiger partial charge on any atom is -0.489 e. The smallest absolute Gasteiger partial charge is 0.352 e. The number of carbonyl (C=O) groups excluding carboxylic acids is 1. The molecule has 0 aromatic heterocycles. The van der Waals surface area contributed by atoms with Gasteiger partial charge in [-0.05, 0) is 53.6 Å². The van der Waals surface area contributed by atoms with Gasteiger partial charge in [0.15, 0.2) is 0 Å². The maximum atomic E-state index is 12.3. The standard InChI is InChI=1S/C23H18N2O6/c26-22(18-6-2-1-3-7-18)24-21(23(27)28)14-17-5-4-8-20(13-17)31-15-16-9-11-19(12-10-16)25(29)30/h1-14H,15H2,(H,24,26)(H,27,28)/b21-14+. The van der Waals surface area contributed by atoms with Crippen molar-refractivity contribution in [2.45, 2.75) is 6.61 Å². The van der Waals surface area contributed by atoms with Crippen LogP contribution in [0.2, 0.25) is 0 Å². The second-order valence-corrected chi connectivity index (χ2v) is 6.47. The number of carboxylic acids is 1. The van der Waals surface area contributed by atoms with Gasteiger partial charge in [-0.1, -0.05) is 30.3 Å². The van der Waals surface area contributed by atoms with Gasteiger partial charge in [0.1, 0.15) is 18.1 Å². The van der Waals surface area contributed by atoms with Crippen LogP contribution >= 0.6 is 0 Å². The van der Waals surface area contributed by atoms with Crippen molar-refractivity contribution in [1.29, 1.82) is 0 Å². The molecule has 0 saturated heterocycles. The first kappa shape index (κ1) is 21.3. The van der Waals surface area contributed by atoms with E-state index in [1.807, 2.05) is 0 Å². The molecule has 3 aromatic carbocycles. The van der Waals surface area contributed by atoms with Crippen molar-refractivity contribution in [2.75, 3.05) is 0 Å². The van der Waals surface area contributed by atoms with Gasteiger partial charge < -0.3 is 15.2 Å². The average Bonchev–Trinajstić information content (AvgIpc) is 2.78. The number of carbonyl (C=O) groups is 2. The third kappa shape index (κ3) is 6.01. The molecule has 0 bridgehead atoms. The summed E-state index contributed by atoms with van der Waals surface area (Å²) in [5.74, 6) is -1.33. The summed E-state index contributed by atoms with van der Waals surface area (Å²) in [6.45, 7) is 0.182. The van der Waals surface area contributed by atoms with Gasteiger partial charge in [-0.15, -0.1) is 0 Å². The Kier molecular flexibility index (Phi) is 6.74. The van der Waals surface area contributed by atoms with E-state index in [1.165, 1.54) is 18.2 Å². The molecule has 3 rings (SSSR count). The van der Waals surface area contributed by atoms with Gasteiger partial charge >= 0.3 is 5.97 Å². The predicted octanol–water partition coefficient (Wildman–Crippen LogP) is 4.03. The summed E-state index contributed by atoms with van der Waals surface area (Å²) in [5, 5.41) is 22.6. The summed E-state index contributed by atoms with van der Waals surface area (Å²) >= 11 is 0. The van der Waals surface area contributed by atoms with Gasteiger partial charge in [-0.3, -0.25) is 14.9 Å². The number of nitrogens with zero attached hydrogens (tertiary/aromatic N) is 1.